The minimum absolute atomic E-state index is 0.105. The van der Waals surface area contributed by atoms with E-state index in [1.165, 1.54) is 5.94 Å². The molecule has 0 saturated heterocycles. The summed E-state index contributed by atoms with van der Waals surface area (Å²) in [5.74, 6) is 1.60. The Morgan fingerprint density at radius 2 is 2.27 bits per heavy atom. The molecule has 5 nitrogen and oxygen atoms in total. The van der Waals surface area contributed by atoms with Gasteiger partial charge in [0.2, 0.25) is 0 Å². The highest BCUT2D eigenvalue weighted by atomic mass is 32.2. The Morgan fingerprint density at radius 1 is 1.60 bits per heavy atom. The SMILES string of the molecule is CC(CCC=O)CC(C=C=O)OS(=O)[O-]. The zero-order chi connectivity index (χ0) is 11.7. The van der Waals surface area contributed by atoms with Gasteiger partial charge in [0.1, 0.15) is 18.3 Å². The van der Waals surface area contributed by atoms with Crippen molar-refractivity contribution in [3.63, 3.8) is 0 Å². The van der Waals surface area contributed by atoms with E-state index in [1.807, 2.05) is 6.92 Å². The van der Waals surface area contributed by atoms with Crippen LogP contribution in [0.4, 0.5) is 0 Å². The predicted molar refractivity (Wildman–Crippen MR) is 53.1 cm³/mol. The lowest BCUT2D eigenvalue weighted by atomic mass is 9.99. The van der Waals surface area contributed by atoms with Gasteiger partial charge in [0, 0.05) is 12.5 Å². The average Bonchev–Trinajstić information content (AvgIpc) is 2.14. The van der Waals surface area contributed by atoms with Crippen LogP contribution in [0.15, 0.2) is 6.08 Å². The molecule has 6 heteroatoms. The molecule has 0 radical (unpaired) electrons. The summed E-state index contributed by atoms with van der Waals surface area (Å²) in [4.78, 5) is 20.2. The van der Waals surface area contributed by atoms with E-state index in [2.05, 4.69) is 4.18 Å². The van der Waals surface area contributed by atoms with E-state index in [9.17, 15) is 18.4 Å². The third kappa shape index (κ3) is 8.20. The Balaban J connectivity index is 4.08. The summed E-state index contributed by atoms with van der Waals surface area (Å²) in [5.41, 5.74) is 0. The van der Waals surface area contributed by atoms with Crippen molar-refractivity contribution in [2.75, 3.05) is 0 Å². The van der Waals surface area contributed by atoms with Crippen LogP contribution >= 0.6 is 0 Å². The van der Waals surface area contributed by atoms with Crippen LogP contribution in [0.2, 0.25) is 0 Å². The largest absolute Gasteiger partial charge is 0.750 e. The van der Waals surface area contributed by atoms with Crippen LogP contribution in [-0.4, -0.2) is 27.1 Å². The monoisotopic (exact) mass is 233 g/mol. The fourth-order valence-corrected chi connectivity index (χ4v) is 1.51. The van der Waals surface area contributed by atoms with Crippen LogP contribution in [0.5, 0.6) is 0 Å². The highest BCUT2D eigenvalue weighted by Gasteiger charge is 2.12. The summed E-state index contributed by atoms with van der Waals surface area (Å²) < 4.78 is 25.0. The molecule has 0 rings (SSSR count). The summed E-state index contributed by atoms with van der Waals surface area (Å²) >= 11 is -2.65. The lowest BCUT2D eigenvalue weighted by Crippen LogP contribution is -2.16. The molecule has 0 heterocycles. The molecule has 15 heavy (non-hydrogen) atoms. The number of aldehydes is 1. The van der Waals surface area contributed by atoms with Crippen LogP contribution < -0.4 is 0 Å². The molecule has 0 aliphatic heterocycles. The molecule has 0 aliphatic rings. The maximum atomic E-state index is 10.3. The zero-order valence-corrected chi connectivity index (χ0v) is 9.20. The lowest BCUT2D eigenvalue weighted by molar-refractivity contribution is -0.108. The van der Waals surface area contributed by atoms with E-state index >= 15 is 0 Å². The van der Waals surface area contributed by atoms with E-state index in [0.29, 0.717) is 19.3 Å². The fourth-order valence-electron chi connectivity index (χ4n) is 1.18. The Bertz CT molecular complexity index is 259. The summed E-state index contributed by atoms with van der Waals surface area (Å²) in [6, 6.07) is 0. The van der Waals surface area contributed by atoms with Crippen molar-refractivity contribution in [1.29, 1.82) is 0 Å². The Hall–Kier alpha value is -0.810. The van der Waals surface area contributed by atoms with Crippen molar-refractivity contribution in [3.8, 4) is 0 Å². The van der Waals surface area contributed by atoms with Crippen LogP contribution in [0.3, 0.4) is 0 Å². The predicted octanol–water partition coefficient (Wildman–Crippen LogP) is 0.559. The van der Waals surface area contributed by atoms with Gasteiger partial charge in [-0.2, -0.15) is 0 Å². The number of hydrogen-bond acceptors (Lipinski definition) is 5. The second-order valence-corrected chi connectivity index (χ2v) is 3.81. The van der Waals surface area contributed by atoms with E-state index in [-0.39, 0.29) is 5.92 Å². The number of carbonyl (C=O) groups excluding carboxylic acids is 2. The minimum atomic E-state index is -2.65. The van der Waals surface area contributed by atoms with Crippen LogP contribution in [0.25, 0.3) is 0 Å². The second kappa shape index (κ2) is 8.49. The van der Waals surface area contributed by atoms with Gasteiger partial charge in [0.05, 0.1) is 11.4 Å². The first-order valence-electron chi connectivity index (χ1n) is 4.51. The van der Waals surface area contributed by atoms with Gasteiger partial charge in [-0.05, 0) is 18.8 Å². The van der Waals surface area contributed by atoms with E-state index < -0.39 is 17.5 Å². The Morgan fingerprint density at radius 3 is 2.73 bits per heavy atom. The molecule has 0 fully saturated rings. The molecule has 0 aromatic heterocycles. The first kappa shape index (κ1) is 14.2. The van der Waals surface area contributed by atoms with Gasteiger partial charge in [-0.3, -0.25) is 4.18 Å². The molecule has 0 aliphatic carbocycles. The fraction of sp³-hybridized carbons (Fsp3) is 0.667. The number of rotatable bonds is 8. The van der Waals surface area contributed by atoms with E-state index in [4.69, 9.17) is 0 Å². The van der Waals surface area contributed by atoms with Crippen molar-refractivity contribution in [1.82, 2.24) is 0 Å². The molecule has 0 saturated carbocycles. The lowest BCUT2D eigenvalue weighted by Gasteiger charge is -2.17. The van der Waals surface area contributed by atoms with Gasteiger partial charge in [-0.1, -0.05) is 6.92 Å². The third-order valence-corrected chi connectivity index (χ3v) is 2.27. The smallest absolute Gasteiger partial charge is 0.122 e. The molecule has 0 aromatic carbocycles. The molecule has 3 atom stereocenters. The maximum absolute atomic E-state index is 10.3. The topological polar surface area (TPSA) is 83.5 Å². The molecule has 0 N–H and O–H groups in total. The molecule has 3 unspecified atom stereocenters. The van der Waals surface area contributed by atoms with Crippen LogP contribution in [-0.2, 0) is 25.1 Å². The summed E-state index contributed by atoms with van der Waals surface area (Å²) in [5, 5.41) is 0. The summed E-state index contributed by atoms with van der Waals surface area (Å²) in [6.45, 7) is 1.85. The quantitative estimate of drug-likeness (QED) is 0.347. The maximum Gasteiger partial charge on any atom is 0.122 e. The molecular weight excluding hydrogens is 220 g/mol. The first-order valence-corrected chi connectivity index (χ1v) is 5.51. The average molecular weight is 233 g/mol. The van der Waals surface area contributed by atoms with Gasteiger partial charge in [-0.25, -0.2) is 9.00 Å². The summed E-state index contributed by atoms with van der Waals surface area (Å²) in [7, 11) is 0. The molecule has 0 amide bonds. The van der Waals surface area contributed by atoms with Crippen LogP contribution in [0, 0.1) is 5.92 Å². The zero-order valence-electron chi connectivity index (χ0n) is 8.38. The van der Waals surface area contributed by atoms with Gasteiger partial charge >= 0.3 is 0 Å². The first-order chi connectivity index (χ1) is 7.10. The third-order valence-electron chi connectivity index (χ3n) is 1.87. The number of hydrogen-bond donors (Lipinski definition) is 0. The van der Waals surface area contributed by atoms with Crippen molar-refractivity contribution >= 4 is 23.6 Å². The van der Waals surface area contributed by atoms with Gasteiger partial charge in [-0.15, -0.1) is 0 Å². The Kier molecular flexibility index (Phi) is 8.04. The molecule has 86 valence electrons. The summed E-state index contributed by atoms with van der Waals surface area (Å²) in [6.07, 6.45) is 2.46. The standard InChI is InChI=1S/C9H14O5S/c1-8(3-2-5-10)7-9(4-6-11)14-15(12)13/h4-5,8-9H,2-3,7H2,1H3,(H,12,13)/p-1. The number of carbonyl (C=O) groups is 1. The Labute approximate surface area is 91.0 Å². The molecule has 0 spiro atoms. The van der Waals surface area contributed by atoms with Crippen molar-refractivity contribution < 1.29 is 22.5 Å². The van der Waals surface area contributed by atoms with Crippen molar-refractivity contribution in [3.05, 3.63) is 6.08 Å². The highest BCUT2D eigenvalue weighted by molar-refractivity contribution is 7.74. The molecule has 0 aromatic rings. The van der Waals surface area contributed by atoms with E-state index in [0.717, 1.165) is 12.4 Å². The molecular formula is C9H13O5S-. The van der Waals surface area contributed by atoms with E-state index in [1.54, 1.807) is 0 Å². The normalized spacial score (nSPS) is 16.1. The van der Waals surface area contributed by atoms with Gasteiger partial charge in [0.15, 0.2) is 0 Å². The van der Waals surface area contributed by atoms with Gasteiger partial charge < -0.3 is 9.35 Å². The van der Waals surface area contributed by atoms with Crippen LogP contribution in [0.1, 0.15) is 26.2 Å². The van der Waals surface area contributed by atoms with Crippen molar-refractivity contribution in [2.24, 2.45) is 5.92 Å². The highest BCUT2D eigenvalue weighted by Crippen LogP contribution is 2.15. The second-order valence-electron chi connectivity index (χ2n) is 3.21. The minimum Gasteiger partial charge on any atom is -0.750 e. The van der Waals surface area contributed by atoms with Gasteiger partial charge in [0.25, 0.3) is 0 Å². The molecule has 0 bridgehead atoms. The van der Waals surface area contributed by atoms with Crippen molar-refractivity contribution in [2.45, 2.75) is 32.3 Å².